The minimum Gasteiger partial charge on any atom is -0.478 e. The van der Waals surface area contributed by atoms with Crippen molar-refractivity contribution in [2.45, 2.75) is 31.0 Å². The van der Waals surface area contributed by atoms with E-state index < -0.39 is 17.0 Å². The average Bonchev–Trinajstić information content (AvgIpc) is 3.10. The fraction of sp³-hybridized carbons (Fsp3) is 0.217. The summed E-state index contributed by atoms with van der Waals surface area (Å²) in [5.74, 6) is 0.468. The second-order valence-corrected chi connectivity index (χ2v) is 10.5. The van der Waals surface area contributed by atoms with E-state index in [0.717, 1.165) is 20.1 Å². The molecule has 2 aromatic carbocycles. The summed E-state index contributed by atoms with van der Waals surface area (Å²) < 4.78 is 14.3. The molecule has 1 aliphatic carbocycles. The molecule has 1 spiro atoms. The number of carbonyl (C=O) groups excluding carboxylic acids is 2. The molecule has 3 aliphatic rings. The van der Waals surface area contributed by atoms with Crippen molar-refractivity contribution in [3.05, 3.63) is 72.3 Å². The molecule has 5 rings (SSSR count). The van der Waals surface area contributed by atoms with Gasteiger partial charge in [0.1, 0.15) is 21.8 Å². The van der Waals surface area contributed by atoms with Crippen molar-refractivity contribution in [1.29, 1.82) is 0 Å². The first-order chi connectivity index (χ1) is 14.6. The van der Waals surface area contributed by atoms with Crippen LogP contribution in [0.3, 0.4) is 0 Å². The number of fused-ring (bicyclic) bond motifs is 4. The van der Waals surface area contributed by atoms with E-state index in [1.54, 1.807) is 12.1 Å². The van der Waals surface area contributed by atoms with Crippen LogP contribution in [0, 0.1) is 0 Å². The van der Waals surface area contributed by atoms with Crippen LogP contribution >= 0.6 is 47.8 Å². The first-order valence-corrected chi connectivity index (χ1v) is 11.9. The van der Waals surface area contributed by atoms with Gasteiger partial charge in [0, 0.05) is 32.9 Å². The second-order valence-electron chi connectivity index (χ2n) is 7.91. The van der Waals surface area contributed by atoms with Crippen molar-refractivity contribution in [2.24, 2.45) is 0 Å². The van der Waals surface area contributed by atoms with E-state index in [4.69, 9.17) is 9.47 Å². The fourth-order valence-corrected chi connectivity index (χ4v) is 5.92. The highest BCUT2D eigenvalue weighted by Gasteiger charge is 2.67. The lowest BCUT2D eigenvalue weighted by Gasteiger charge is -2.48. The molecule has 0 bridgehead atoms. The summed E-state index contributed by atoms with van der Waals surface area (Å²) in [6, 6.07) is 11.0. The van der Waals surface area contributed by atoms with Gasteiger partial charge in [-0.05, 0) is 70.9 Å². The van der Waals surface area contributed by atoms with E-state index in [9.17, 15) is 14.7 Å². The van der Waals surface area contributed by atoms with Crippen LogP contribution in [0.1, 0.15) is 24.5 Å². The highest BCUT2D eigenvalue weighted by Crippen LogP contribution is 2.56. The maximum Gasteiger partial charge on any atom is 0.210 e. The molecule has 2 aromatic rings. The number of hydrogen-bond acceptors (Lipinski definition) is 5. The molecule has 2 aliphatic heterocycles. The minimum atomic E-state index is -2.11. The largest absolute Gasteiger partial charge is 0.478 e. The summed E-state index contributed by atoms with van der Waals surface area (Å²) in [6.07, 6.45) is 1.68. The number of carbonyl (C=O) groups is 2. The van der Waals surface area contributed by atoms with Crippen molar-refractivity contribution in [2.75, 3.05) is 0 Å². The fourth-order valence-electron chi connectivity index (χ4n) is 4.51. The van der Waals surface area contributed by atoms with Crippen molar-refractivity contribution in [3.8, 4) is 11.5 Å². The Balaban J connectivity index is 1.80. The topological polar surface area (TPSA) is 72.8 Å². The zero-order chi connectivity index (χ0) is 22.1. The Kier molecular flexibility index (Phi) is 4.86. The van der Waals surface area contributed by atoms with Crippen molar-refractivity contribution in [1.82, 2.24) is 0 Å². The molecular formula is C23H15Br3O5. The van der Waals surface area contributed by atoms with Crippen LogP contribution in [0.2, 0.25) is 0 Å². The summed E-state index contributed by atoms with van der Waals surface area (Å²) in [7, 11) is 0. The van der Waals surface area contributed by atoms with E-state index >= 15 is 0 Å². The average molecular weight is 611 g/mol. The Bertz CT molecular complexity index is 1250. The van der Waals surface area contributed by atoms with Gasteiger partial charge in [0.15, 0.2) is 17.0 Å². The molecule has 0 amide bonds. The van der Waals surface area contributed by atoms with E-state index in [1.807, 2.05) is 30.3 Å². The van der Waals surface area contributed by atoms with E-state index in [-0.39, 0.29) is 23.1 Å². The lowest BCUT2D eigenvalue weighted by Crippen LogP contribution is -2.66. The molecule has 8 heteroatoms. The number of aliphatic hydroxyl groups is 1. The third-order valence-corrected chi connectivity index (χ3v) is 7.56. The molecule has 0 radical (unpaired) electrons. The Labute approximate surface area is 203 Å². The Morgan fingerprint density at radius 3 is 2.48 bits per heavy atom. The highest BCUT2D eigenvalue weighted by molar-refractivity contribution is 9.12. The third-order valence-electron chi connectivity index (χ3n) is 5.86. The molecule has 158 valence electrons. The predicted molar refractivity (Wildman–Crippen MR) is 125 cm³/mol. The number of rotatable bonds is 2. The van der Waals surface area contributed by atoms with Gasteiger partial charge < -0.3 is 14.6 Å². The van der Waals surface area contributed by atoms with Crippen molar-refractivity contribution >= 4 is 65.4 Å². The lowest BCUT2D eigenvalue weighted by molar-refractivity contribution is -0.160. The molecule has 0 saturated carbocycles. The summed E-state index contributed by atoms with van der Waals surface area (Å²) in [5.41, 5.74) is -1.51. The van der Waals surface area contributed by atoms with Gasteiger partial charge in [-0.25, -0.2) is 0 Å². The van der Waals surface area contributed by atoms with E-state index in [1.165, 1.54) is 6.92 Å². The zero-order valence-electron chi connectivity index (χ0n) is 16.2. The molecule has 5 nitrogen and oxygen atoms in total. The Morgan fingerprint density at radius 1 is 1.10 bits per heavy atom. The van der Waals surface area contributed by atoms with Crippen LogP contribution in [0.15, 0.2) is 61.2 Å². The van der Waals surface area contributed by atoms with Crippen molar-refractivity contribution < 1.29 is 24.2 Å². The van der Waals surface area contributed by atoms with Gasteiger partial charge in [0.2, 0.25) is 5.78 Å². The molecular weight excluding hydrogens is 596 g/mol. The van der Waals surface area contributed by atoms with Gasteiger partial charge in [0.05, 0.1) is 0 Å². The van der Waals surface area contributed by atoms with Gasteiger partial charge in [-0.15, -0.1) is 0 Å². The van der Waals surface area contributed by atoms with Crippen LogP contribution in [0.4, 0.5) is 0 Å². The molecule has 0 fully saturated rings. The predicted octanol–water partition coefficient (Wildman–Crippen LogP) is 5.26. The molecule has 1 N–H and O–H groups in total. The maximum absolute atomic E-state index is 13.5. The number of halogens is 3. The number of ketones is 2. The number of Topliss-reactive ketones (excluding diaryl/α,β-unsaturated/α-hetero) is 2. The smallest absolute Gasteiger partial charge is 0.210 e. The second kappa shape index (κ2) is 7.13. The standard InChI is InChI=1S/C23H15Br3O5/c1-11(27)9-22(29)21(28)19(26)20-16(8-12-6-14(24)2-4-17(12)30-20)23(22)10-13-7-15(25)3-5-18(13)31-23/h2-8,29H,9-10H2,1H3/t22-,23+/m1/s1. The highest BCUT2D eigenvalue weighted by atomic mass is 79.9. The number of ether oxygens (including phenoxy) is 2. The first-order valence-electron chi connectivity index (χ1n) is 9.48. The summed E-state index contributed by atoms with van der Waals surface area (Å²) in [4.78, 5) is 25.6. The number of benzene rings is 2. The third kappa shape index (κ3) is 3.03. The minimum absolute atomic E-state index is 0.0856. The molecule has 31 heavy (non-hydrogen) atoms. The quantitative estimate of drug-likeness (QED) is 0.502. The molecule has 0 unspecified atom stereocenters. The van der Waals surface area contributed by atoms with Crippen LogP contribution in [0.25, 0.3) is 6.08 Å². The first kappa shape index (κ1) is 21.1. The van der Waals surface area contributed by atoms with Crippen LogP contribution in [-0.2, 0) is 16.0 Å². The van der Waals surface area contributed by atoms with E-state index in [2.05, 4.69) is 47.8 Å². The van der Waals surface area contributed by atoms with Crippen LogP contribution < -0.4 is 9.47 Å². The Hall–Kier alpha value is -1.74. The normalized spacial score (nSPS) is 26.0. The summed E-state index contributed by atoms with van der Waals surface area (Å²) in [5, 5.41) is 11.8. The number of hydrogen-bond donors (Lipinski definition) is 1. The van der Waals surface area contributed by atoms with Gasteiger partial charge in [-0.2, -0.15) is 0 Å². The molecule has 0 saturated heterocycles. The van der Waals surface area contributed by atoms with Gasteiger partial charge in [-0.3, -0.25) is 9.59 Å². The molecule has 0 aromatic heterocycles. The van der Waals surface area contributed by atoms with E-state index in [0.29, 0.717) is 22.8 Å². The van der Waals surface area contributed by atoms with Gasteiger partial charge in [0.25, 0.3) is 0 Å². The monoisotopic (exact) mass is 608 g/mol. The molecule has 2 heterocycles. The van der Waals surface area contributed by atoms with Crippen molar-refractivity contribution in [3.63, 3.8) is 0 Å². The van der Waals surface area contributed by atoms with Crippen LogP contribution in [0.5, 0.6) is 11.5 Å². The SMILES string of the molecule is CC(=O)C[C@@]1(O)C(=O)C(Br)=C2Oc3ccc(Br)cc3C=C2[C@@]12Cc1cc(Br)ccc1O2. The Morgan fingerprint density at radius 2 is 1.77 bits per heavy atom. The zero-order valence-corrected chi connectivity index (χ0v) is 20.9. The van der Waals surface area contributed by atoms with Gasteiger partial charge >= 0.3 is 0 Å². The molecule has 2 atom stereocenters. The van der Waals surface area contributed by atoms with Gasteiger partial charge in [-0.1, -0.05) is 31.9 Å². The lowest BCUT2D eigenvalue weighted by atomic mass is 9.65. The summed E-state index contributed by atoms with van der Waals surface area (Å²) >= 11 is 10.3. The maximum atomic E-state index is 13.5. The summed E-state index contributed by atoms with van der Waals surface area (Å²) in [6.45, 7) is 1.35. The van der Waals surface area contributed by atoms with Crippen LogP contribution in [-0.4, -0.2) is 27.9 Å².